The maximum absolute atomic E-state index is 11.4. The van der Waals surface area contributed by atoms with Crippen LogP contribution in [0.1, 0.15) is 32.3 Å². The van der Waals surface area contributed by atoms with E-state index in [2.05, 4.69) is 11.0 Å². The van der Waals surface area contributed by atoms with Crippen molar-refractivity contribution in [1.29, 1.82) is 5.26 Å². The van der Waals surface area contributed by atoms with E-state index in [1.165, 1.54) is 7.11 Å². The van der Waals surface area contributed by atoms with Gasteiger partial charge in [-0.15, -0.1) is 0 Å². The van der Waals surface area contributed by atoms with Gasteiger partial charge in [-0.3, -0.25) is 4.79 Å². The van der Waals surface area contributed by atoms with E-state index in [0.717, 1.165) is 31.6 Å². The summed E-state index contributed by atoms with van der Waals surface area (Å²) in [7, 11) is 1.43. The number of carbonyl (C=O) groups excluding carboxylic acids is 1. The lowest BCUT2D eigenvalue weighted by Crippen LogP contribution is -2.37. The van der Waals surface area contributed by atoms with E-state index in [0.29, 0.717) is 5.56 Å². The van der Waals surface area contributed by atoms with Crippen LogP contribution < -0.4 is 4.90 Å². The molecule has 0 spiro atoms. The van der Waals surface area contributed by atoms with E-state index in [4.69, 9.17) is 10.00 Å². The Hall–Kier alpha value is -2.02. The topological polar surface area (TPSA) is 53.3 Å². The van der Waals surface area contributed by atoms with E-state index < -0.39 is 0 Å². The summed E-state index contributed by atoms with van der Waals surface area (Å²) >= 11 is 0. The van der Waals surface area contributed by atoms with Gasteiger partial charge < -0.3 is 9.64 Å². The summed E-state index contributed by atoms with van der Waals surface area (Å²) in [6.07, 6.45) is 1.57. The van der Waals surface area contributed by atoms with Crippen LogP contribution in [-0.4, -0.2) is 26.2 Å². The third-order valence-corrected chi connectivity index (χ3v) is 3.39. The molecule has 1 aromatic rings. The van der Waals surface area contributed by atoms with E-state index in [-0.39, 0.29) is 11.9 Å². The Balaban J connectivity index is 0.000000956. The number of carbonyl (C=O) groups is 1. The number of para-hydroxylation sites is 1. The Morgan fingerprint density at radius 2 is 1.90 bits per heavy atom. The predicted octanol–water partition coefficient (Wildman–Crippen LogP) is 2.97. The van der Waals surface area contributed by atoms with Crippen molar-refractivity contribution in [2.45, 2.75) is 26.7 Å². The first kappa shape index (κ1) is 16.0. The number of hydrogen-bond acceptors (Lipinski definition) is 4. The molecular formula is C16H22N2O2. The number of nitrogens with zero attached hydrogens (tertiary/aromatic N) is 2. The van der Waals surface area contributed by atoms with Crippen LogP contribution in [0.2, 0.25) is 0 Å². The summed E-state index contributed by atoms with van der Waals surface area (Å²) in [5.41, 5.74) is 1.65. The summed E-state index contributed by atoms with van der Waals surface area (Å²) < 4.78 is 4.77. The predicted molar refractivity (Wildman–Crippen MR) is 79.5 cm³/mol. The van der Waals surface area contributed by atoms with E-state index in [9.17, 15) is 4.79 Å². The van der Waals surface area contributed by atoms with Crippen molar-refractivity contribution >= 4 is 11.7 Å². The second-order valence-electron chi connectivity index (χ2n) is 4.41. The van der Waals surface area contributed by atoms with Crippen LogP contribution in [0.4, 0.5) is 5.69 Å². The number of esters is 1. The normalized spacial score (nSPS) is 14.8. The number of benzene rings is 1. The Kier molecular flexibility index (Phi) is 6.58. The molecule has 1 saturated heterocycles. The second kappa shape index (κ2) is 8.21. The molecule has 0 saturated carbocycles. The van der Waals surface area contributed by atoms with E-state index in [1.807, 2.05) is 38.1 Å². The van der Waals surface area contributed by atoms with Crippen molar-refractivity contribution in [2.24, 2.45) is 5.92 Å². The van der Waals surface area contributed by atoms with E-state index >= 15 is 0 Å². The molecule has 0 atom stereocenters. The summed E-state index contributed by atoms with van der Waals surface area (Å²) in [6.45, 7) is 5.58. The van der Waals surface area contributed by atoms with Gasteiger partial charge in [0.1, 0.15) is 6.07 Å². The molecule has 0 aliphatic carbocycles. The summed E-state index contributed by atoms with van der Waals surface area (Å²) in [6, 6.07) is 9.78. The molecule has 1 heterocycles. The molecule has 0 N–H and O–H groups in total. The van der Waals surface area contributed by atoms with Gasteiger partial charge in [-0.1, -0.05) is 26.0 Å². The Morgan fingerprint density at radius 3 is 2.45 bits per heavy atom. The molecule has 0 unspecified atom stereocenters. The summed E-state index contributed by atoms with van der Waals surface area (Å²) in [4.78, 5) is 13.6. The minimum Gasteiger partial charge on any atom is -0.469 e. The lowest BCUT2D eigenvalue weighted by Gasteiger charge is -2.32. The third-order valence-electron chi connectivity index (χ3n) is 3.39. The lowest BCUT2D eigenvalue weighted by molar-refractivity contribution is -0.146. The van der Waals surface area contributed by atoms with Gasteiger partial charge in [0.15, 0.2) is 0 Å². The molecule has 1 aliphatic heterocycles. The van der Waals surface area contributed by atoms with E-state index in [1.54, 1.807) is 0 Å². The zero-order chi connectivity index (χ0) is 15.0. The van der Waals surface area contributed by atoms with Crippen molar-refractivity contribution in [1.82, 2.24) is 0 Å². The number of methoxy groups -OCH3 is 1. The lowest BCUT2D eigenvalue weighted by atomic mass is 9.96. The number of anilines is 1. The average Bonchev–Trinajstić information content (AvgIpc) is 2.56. The van der Waals surface area contributed by atoms with Crippen LogP contribution in [0.15, 0.2) is 24.3 Å². The molecule has 20 heavy (non-hydrogen) atoms. The van der Waals surface area contributed by atoms with Gasteiger partial charge in [0.05, 0.1) is 24.3 Å². The largest absolute Gasteiger partial charge is 0.469 e. The van der Waals surface area contributed by atoms with Gasteiger partial charge in [-0.25, -0.2) is 0 Å². The van der Waals surface area contributed by atoms with Crippen molar-refractivity contribution in [3.8, 4) is 6.07 Å². The number of rotatable bonds is 2. The Morgan fingerprint density at radius 1 is 1.30 bits per heavy atom. The molecule has 0 aromatic heterocycles. The number of piperidine rings is 1. The summed E-state index contributed by atoms with van der Waals surface area (Å²) in [5, 5.41) is 9.08. The monoisotopic (exact) mass is 274 g/mol. The first-order valence-corrected chi connectivity index (χ1v) is 7.08. The molecule has 4 nitrogen and oxygen atoms in total. The molecule has 1 aromatic carbocycles. The van der Waals surface area contributed by atoms with Gasteiger partial charge in [-0.2, -0.15) is 5.26 Å². The van der Waals surface area contributed by atoms with Crippen LogP contribution in [0.3, 0.4) is 0 Å². The third kappa shape index (κ3) is 3.74. The number of nitriles is 1. The quantitative estimate of drug-likeness (QED) is 0.778. The first-order valence-electron chi connectivity index (χ1n) is 7.08. The molecule has 4 heteroatoms. The smallest absolute Gasteiger partial charge is 0.308 e. The van der Waals surface area contributed by atoms with Gasteiger partial charge in [0.2, 0.25) is 0 Å². The highest BCUT2D eigenvalue weighted by atomic mass is 16.5. The van der Waals surface area contributed by atoms with Crippen LogP contribution in [-0.2, 0) is 9.53 Å². The number of hydrogen-bond donors (Lipinski definition) is 0. The molecule has 1 fully saturated rings. The molecule has 1 aliphatic rings. The zero-order valence-corrected chi connectivity index (χ0v) is 12.4. The summed E-state index contributed by atoms with van der Waals surface area (Å²) in [5.74, 6) is -0.122. The van der Waals surface area contributed by atoms with Crippen molar-refractivity contribution < 1.29 is 9.53 Å². The molecular weight excluding hydrogens is 252 g/mol. The Labute approximate surface area is 121 Å². The van der Waals surface area contributed by atoms with Gasteiger partial charge in [0.25, 0.3) is 0 Å². The van der Waals surface area contributed by atoms with Crippen molar-refractivity contribution in [2.75, 3.05) is 25.1 Å². The molecule has 2 rings (SSSR count). The van der Waals surface area contributed by atoms with Crippen molar-refractivity contribution in [3.05, 3.63) is 29.8 Å². The van der Waals surface area contributed by atoms with Crippen LogP contribution in [0.25, 0.3) is 0 Å². The zero-order valence-electron chi connectivity index (χ0n) is 12.4. The van der Waals surface area contributed by atoms with Gasteiger partial charge in [0, 0.05) is 13.1 Å². The fourth-order valence-corrected chi connectivity index (χ4v) is 2.37. The highest BCUT2D eigenvalue weighted by Gasteiger charge is 2.26. The number of ether oxygens (including phenoxy) is 1. The molecule has 0 radical (unpaired) electrons. The Bertz CT molecular complexity index is 472. The molecule has 108 valence electrons. The molecule has 0 amide bonds. The SMILES string of the molecule is CC.COC(=O)C1CCN(c2ccccc2C#N)CC1. The van der Waals surface area contributed by atoms with Crippen LogP contribution in [0.5, 0.6) is 0 Å². The second-order valence-corrected chi connectivity index (χ2v) is 4.41. The van der Waals surface area contributed by atoms with Crippen LogP contribution >= 0.6 is 0 Å². The van der Waals surface area contributed by atoms with Crippen LogP contribution in [0, 0.1) is 17.2 Å². The highest BCUT2D eigenvalue weighted by Crippen LogP contribution is 2.26. The minimum absolute atomic E-state index is 0.000461. The van der Waals surface area contributed by atoms with Gasteiger partial charge >= 0.3 is 5.97 Å². The maximum Gasteiger partial charge on any atom is 0.308 e. The fourth-order valence-electron chi connectivity index (χ4n) is 2.37. The van der Waals surface area contributed by atoms with Gasteiger partial charge in [-0.05, 0) is 25.0 Å². The fraction of sp³-hybridized carbons (Fsp3) is 0.500. The highest BCUT2D eigenvalue weighted by molar-refractivity contribution is 5.73. The van der Waals surface area contributed by atoms with Crippen molar-refractivity contribution in [3.63, 3.8) is 0 Å². The first-order chi connectivity index (χ1) is 9.76. The standard InChI is InChI=1S/C14H16N2O2.C2H6/c1-18-14(17)11-6-8-16(9-7-11)13-5-3-2-4-12(13)10-15;1-2/h2-5,11H,6-9H2,1H3;1-2H3. The maximum atomic E-state index is 11.4. The minimum atomic E-state index is -0.122. The average molecular weight is 274 g/mol. The molecule has 0 bridgehead atoms.